The van der Waals surface area contributed by atoms with Gasteiger partial charge in [-0.25, -0.2) is 0 Å². The summed E-state index contributed by atoms with van der Waals surface area (Å²) in [5, 5.41) is 0. The van der Waals surface area contributed by atoms with Crippen molar-refractivity contribution in [1.82, 2.24) is 9.97 Å². The van der Waals surface area contributed by atoms with E-state index in [2.05, 4.69) is 25.8 Å². The standard InChI is InChI=1S/C10H14N3O2.3C4H9.Sn/c1-10(2,3)15-9(14)13(4)8-7-11-5-6-12-8;3*1-3-4-2;/h6-7H,1-4H3;3*1,3-4H2,2H3;. The van der Waals surface area contributed by atoms with Gasteiger partial charge in [-0.15, -0.1) is 0 Å². The van der Waals surface area contributed by atoms with E-state index in [-0.39, 0.29) is 0 Å². The zero-order chi connectivity index (χ0) is 21.2. The van der Waals surface area contributed by atoms with Crippen molar-refractivity contribution in [2.75, 3.05) is 11.9 Å². The number of aromatic nitrogens is 2. The molecule has 6 heteroatoms. The van der Waals surface area contributed by atoms with Crippen LogP contribution >= 0.6 is 0 Å². The third-order valence-electron chi connectivity index (χ3n) is 5.22. The summed E-state index contributed by atoms with van der Waals surface area (Å²) in [6.45, 7) is 12.4. The second-order valence-electron chi connectivity index (χ2n) is 8.89. The molecular weight excluding hydrogens is 457 g/mol. The van der Waals surface area contributed by atoms with Gasteiger partial charge in [-0.1, -0.05) is 0 Å². The molecule has 0 atom stereocenters. The second-order valence-corrected chi connectivity index (χ2v) is 21.9. The van der Waals surface area contributed by atoms with Crippen LogP contribution in [0.3, 0.4) is 0 Å². The summed E-state index contributed by atoms with van der Waals surface area (Å²) in [5.74, 6) is 0.555. The summed E-state index contributed by atoms with van der Waals surface area (Å²) in [6, 6.07) is 0. The molecule has 1 amide bonds. The van der Waals surface area contributed by atoms with Gasteiger partial charge in [0.05, 0.1) is 0 Å². The average Bonchev–Trinajstić information content (AvgIpc) is 2.66. The first kappa shape index (κ1) is 25.2. The quantitative estimate of drug-likeness (QED) is 0.357. The number of carbonyl (C=O) groups excluding carboxylic acids is 1. The van der Waals surface area contributed by atoms with Gasteiger partial charge < -0.3 is 0 Å². The van der Waals surface area contributed by atoms with Crippen LogP contribution in [0.2, 0.25) is 13.3 Å². The Bertz CT molecular complexity index is 563. The van der Waals surface area contributed by atoms with Crippen LogP contribution < -0.4 is 8.61 Å². The number of carbonyl (C=O) groups is 1. The number of unbranched alkanes of at least 4 members (excludes halogenated alkanes) is 3. The first-order chi connectivity index (χ1) is 13.2. The Balaban J connectivity index is 3.09. The van der Waals surface area contributed by atoms with Gasteiger partial charge in [0.15, 0.2) is 0 Å². The van der Waals surface area contributed by atoms with Gasteiger partial charge >= 0.3 is 177 Å². The van der Waals surface area contributed by atoms with Crippen molar-refractivity contribution in [2.24, 2.45) is 0 Å². The molecule has 0 aliphatic rings. The van der Waals surface area contributed by atoms with Crippen LogP contribution in [0.1, 0.15) is 80.1 Å². The predicted octanol–water partition coefficient (Wildman–Crippen LogP) is 5.90. The molecule has 28 heavy (non-hydrogen) atoms. The number of anilines is 1. The van der Waals surface area contributed by atoms with E-state index in [1.54, 1.807) is 13.2 Å². The van der Waals surface area contributed by atoms with Gasteiger partial charge in [-0.3, -0.25) is 0 Å². The first-order valence-corrected chi connectivity index (χ1v) is 18.5. The molecule has 1 heterocycles. The number of amides is 1. The summed E-state index contributed by atoms with van der Waals surface area (Å²) in [6.07, 6.45) is 11.0. The van der Waals surface area contributed by atoms with Gasteiger partial charge in [-0.05, 0) is 0 Å². The third kappa shape index (κ3) is 7.88. The van der Waals surface area contributed by atoms with Crippen molar-refractivity contribution in [3.8, 4) is 0 Å². The molecule has 0 saturated heterocycles. The minimum atomic E-state index is -2.57. The van der Waals surface area contributed by atoms with Crippen molar-refractivity contribution in [3.05, 3.63) is 12.4 Å². The molecule has 0 radical (unpaired) electrons. The number of ether oxygens (including phenoxy) is 1. The Kier molecular flexibility index (Phi) is 10.8. The van der Waals surface area contributed by atoms with Crippen molar-refractivity contribution in [3.63, 3.8) is 0 Å². The Morgan fingerprint density at radius 1 is 0.964 bits per heavy atom. The van der Waals surface area contributed by atoms with Crippen LogP contribution in [0.25, 0.3) is 0 Å². The maximum atomic E-state index is 12.3. The van der Waals surface area contributed by atoms with Crippen molar-refractivity contribution >= 4 is 34.0 Å². The van der Waals surface area contributed by atoms with Gasteiger partial charge in [0.1, 0.15) is 0 Å². The zero-order valence-corrected chi connectivity index (χ0v) is 22.0. The molecule has 0 fully saturated rings. The summed E-state index contributed by atoms with van der Waals surface area (Å²) < 4.78 is 10.8. The molecular formula is C22H41N3O2Sn. The van der Waals surface area contributed by atoms with Gasteiger partial charge in [0.2, 0.25) is 0 Å². The number of hydrogen-bond donors (Lipinski definition) is 0. The normalized spacial score (nSPS) is 12.1. The van der Waals surface area contributed by atoms with E-state index in [9.17, 15) is 4.79 Å². The van der Waals surface area contributed by atoms with E-state index in [0.717, 1.165) is 0 Å². The van der Waals surface area contributed by atoms with E-state index < -0.39 is 30.1 Å². The van der Waals surface area contributed by atoms with Crippen LogP contribution in [0.15, 0.2) is 12.4 Å². The Hall–Kier alpha value is -0.851. The molecule has 0 bridgehead atoms. The average molecular weight is 498 g/mol. The van der Waals surface area contributed by atoms with E-state index in [1.807, 2.05) is 27.0 Å². The van der Waals surface area contributed by atoms with Crippen LogP contribution in [-0.4, -0.2) is 47.1 Å². The number of hydrogen-bond acceptors (Lipinski definition) is 4. The van der Waals surface area contributed by atoms with Crippen molar-refractivity contribution in [1.29, 1.82) is 0 Å². The van der Waals surface area contributed by atoms with E-state index in [0.29, 0.717) is 5.82 Å². The number of nitrogens with zero attached hydrogens (tertiary/aromatic N) is 3. The fourth-order valence-electron chi connectivity index (χ4n) is 3.50. The molecule has 0 unspecified atom stereocenters. The Morgan fingerprint density at radius 2 is 1.46 bits per heavy atom. The summed E-state index contributed by atoms with van der Waals surface area (Å²) in [4.78, 5) is 23.3. The first-order valence-electron chi connectivity index (χ1n) is 11.0. The van der Waals surface area contributed by atoms with Crippen molar-refractivity contribution < 1.29 is 9.53 Å². The van der Waals surface area contributed by atoms with Gasteiger partial charge in [0.25, 0.3) is 0 Å². The minimum absolute atomic E-state index is 0.396. The fraction of sp³-hybridized carbons (Fsp3) is 0.773. The van der Waals surface area contributed by atoms with Crippen LogP contribution in [0, 0.1) is 0 Å². The maximum absolute atomic E-state index is 12.3. The van der Waals surface area contributed by atoms with Crippen LogP contribution in [0.5, 0.6) is 0 Å². The molecule has 0 aliphatic carbocycles. The third-order valence-corrected chi connectivity index (χ3v) is 20.3. The summed E-state index contributed by atoms with van der Waals surface area (Å²) >= 11 is -2.57. The Morgan fingerprint density at radius 3 is 1.82 bits per heavy atom. The van der Waals surface area contributed by atoms with Gasteiger partial charge in [0, 0.05) is 0 Å². The summed E-state index contributed by atoms with van der Waals surface area (Å²) in [5.41, 5.74) is -0.523. The van der Waals surface area contributed by atoms with Crippen molar-refractivity contribution in [2.45, 2.75) is 99.0 Å². The molecule has 1 rings (SSSR count). The predicted molar refractivity (Wildman–Crippen MR) is 121 cm³/mol. The monoisotopic (exact) mass is 499 g/mol. The molecule has 0 aliphatic heterocycles. The molecule has 1 aromatic rings. The zero-order valence-electron chi connectivity index (χ0n) is 19.2. The van der Waals surface area contributed by atoms with E-state index in [4.69, 9.17) is 9.72 Å². The molecule has 0 spiro atoms. The molecule has 0 aromatic carbocycles. The number of rotatable bonds is 11. The molecule has 1 aromatic heterocycles. The van der Waals surface area contributed by atoms with Crippen LogP contribution in [0.4, 0.5) is 10.6 Å². The van der Waals surface area contributed by atoms with Gasteiger partial charge in [-0.2, -0.15) is 0 Å². The summed E-state index contributed by atoms with van der Waals surface area (Å²) in [7, 11) is 1.69. The Labute approximate surface area is 176 Å². The molecule has 0 saturated carbocycles. The van der Waals surface area contributed by atoms with Crippen LogP contribution in [-0.2, 0) is 4.74 Å². The molecule has 5 nitrogen and oxygen atoms in total. The fourth-order valence-corrected chi connectivity index (χ4v) is 18.6. The van der Waals surface area contributed by atoms with E-state index in [1.165, 1.54) is 60.4 Å². The molecule has 0 N–H and O–H groups in total. The van der Waals surface area contributed by atoms with E-state index >= 15 is 0 Å². The molecule has 160 valence electrons. The SMILES string of the molecule is CCC[CH2][Sn]([CH2]CCC)([CH2]CCC)[c]1cnc(N(C)C(=O)OC(C)(C)C)cn1. The second kappa shape index (κ2) is 12.0. The topological polar surface area (TPSA) is 55.3 Å².